The van der Waals surface area contributed by atoms with Crippen LogP contribution in [0.25, 0.3) is 0 Å². The van der Waals surface area contributed by atoms with E-state index in [1.807, 2.05) is 6.92 Å². The molecule has 0 aliphatic carbocycles. The number of unbranched alkanes of at least 4 members (excludes halogenated alkanes) is 2. The molecule has 0 saturated carbocycles. The summed E-state index contributed by atoms with van der Waals surface area (Å²) in [5, 5.41) is 15.2. The molecule has 0 bridgehead atoms. The SMILES string of the molecule is CCCCCC(CC)OOOO. The Morgan fingerprint density at radius 1 is 1.25 bits per heavy atom. The van der Waals surface area contributed by atoms with Gasteiger partial charge in [0.2, 0.25) is 0 Å². The molecule has 0 fully saturated rings. The molecule has 0 heterocycles. The highest BCUT2D eigenvalue weighted by Gasteiger charge is 2.07. The van der Waals surface area contributed by atoms with Gasteiger partial charge in [0, 0.05) is 0 Å². The molecule has 0 rings (SSSR count). The van der Waals surface area contributed by atoms with Gasteiger partial charge in [0.25, 0.3) is 0 Å². The van der Waals surface area contributed by atoms with Crippen molar-refractivity contribution in [2.45, 2.75) is 52.1 Å². The number of hydrogen-bond acceptors (Lipinski definition) is 4. The van der Waals surface area contributed by atoms with Crippen molar-refractivity contribution in [1.29, 1.82) is 0 Å². The van der Waals surface area contributed by atoms with Crippen molar-refractivity contribution in [2.75, 3.05) is 0 Å². The van der Waals surface area contributed by atoms with Gasteiger partial charge in [0.1, 0.15) is 0 Å². The van der Waals surface area contributed by atoms with Crippen LogP contribution in [-0.2, 0) is 15.0 Å². The van der Waals surface area contributed by atoms with E-state index in [0.29, 0.717) is 0 Å². The van der Waals surface area contributed by atoms with Gasteiger partial charge < -0.3 is 0 Å². The van der Waals surface area contributed by atoms with Gasteiger partial charge in [-0.05, 0) is 22.9 Å². The molecule has 0 radical (unpaired) electrons. The van der Waals surface area contributed by atoms with Crippen molar-refractivity contribution in [3.8, 4) is 0 Å². The van der Waals surface area contributed by atoms with E-state index in [1.54, 1.807) is 0 Å². The molecule has 74 valence electrons. The third-order valence-corrected chi connectivity index (χ3v) is 1.79. The lowest BCUT2D eigenvalue weighted by Crippen LogP contribution is -2.11. The van der Waals surface area contributed by atoms with Gasteiger partial charge in [0.15, 0.2) is 0 Å². The molecule has 1 atom stereocenters. The lowest BCUT2D eigenvalue weighted by atomic mass is 10.1. The van der Waals surface area contributed by atoms with Crippen LogP contribution in [-0.4, -0.2) is 11.4 Å². The van der Waals surface area contributed by atoms with Crippen molar-refractivity contribution >= 4 is 0 Å². The number of hydrogen-bond donors (Lipinski definition) is 1. The highest BCUT2D eigenvalue weighted by atomic mass is 17.6. The van der Waals surface area contributed by atoms with Crippen molar-refractivity contribution < 1.29 is 20.2 Å². The maximum absolute atomic E-state index is 7.84. The topological polar surface area (TPSA) is 47.9 Å². The second-order valence-electron chi connectivity index (χ2n) is 2.76. The molecule has 0 aromatic carbocycles. The van der Waals surface area contributed by atoms with E-state index >= 15 is 0 Å². The van der Waals surface area contributed by atoms with Crippen LogP contribution in [0.1, 0.15) is 46.0 Å². The fourth-order valence-electron chi connectivity index (χ4n) is 1.02. The molecule has 0 saturated heterocycles. The van der Waals surface area contributed by atoms with E-state index in [-0.39, 0.29) is 6.10 Å². The number of rotatable bonds is 8. The average Bonchev–Trinajstić information content (AvgIpc) is 2.11. The first-order valence-electron chi connectivity index (χ1n) is 4.48. The maximum atomic E-state index is 7.84. The largest absolute Gasteiger partial charge is 0.219 e. The molecule has 0 aliphatic rings. The van der Waals surface area contributed by atoms with Crippen LogP contribution in [0, 0.1) is 0 Å². The van der Waals surface area contributed by atoms with Gasteiger partial charge in [-0.3, -0.25) is 0 Å². The molecule has 1 N–H and O–H groups in total. The zero-order chi connectivity index (χ0) is 9.23. The summed E-state index contributed by atoms with van der Waals surface area (Å²) in [7, 11) is 0. The van der Waals surface area contributed by atoms with Crippen molar-refractivity contribution in [3.05, 3.63) is 0 Å². The highest BCUT2D eigenvalue weighted by molar-refractivity contribution is 4.52. The van der Waals surface area contributed by atoms with Crippen LogP contribution in [0.3, 0.4) is 0 Å². The van der Waals surface area contributed by atoms with Gasteiger partial charge in [0.05, 0.1) is 6.10 Å². The Hall–Kier alpha value is -0.160. The average molecular weight is 178 g/mol. The maximum Gasteiger partial charge on any atom is 0.0959 e. The highest BCUT2D eigenvalue weighted by Crippen LogP contribution is 2.09. The minimum Gasteiger partial charge on any atom is -0.219 e. The first-order valence-corrected chi connectivity index (χ1v) is 4.48. The Morgan fingerprint density at radius 3 is 2.50 bits per heavy atom. The van der Waals surface area contributed by atoms with Crippen LogP contribution in [0.4, 0.5) is 0 Å². The van der Waals surface area contributed by atoms with Gasteiger partial charge in [-0.1, -0.05) is 33.1 Å². The standard InChI is InChI=1S/C8H18O4/c1-3-5-6-7-8(4-2)10-12-11-9/h8-9H,3-7H2,1-2H3. The van der Waals surface area contributed by atoms with Gasteiger partial charge in [-0.15, -0.1) is 0 Å². The Kier molecular flexibility index (Phi) is 8.81. The van der Waals surface area contributed by atoms with Gasteiger partial charge in [-0.2, -0.15) is 0 Å². The van der Waals surface area contributed by atoms with Crippen molar-refractivity contribution in [2.24, 2.45) is 0 Å². The second kappa shape index (κ2) is 8.93. The predicted octanol–water partition coefficient (Wildman–Crippen LogP) is 2.70. The zero-order valence-electron chi connectivity index (χ0n) is 7.78. The van der Waals surface area contributed by atoms with Crippen LogP contribution in [0.5, 0.6) is 0 Å². The zero-order valence-corrected chi connectivity index (χ0v) is 7.78. The molecule has 12 heavy (non-hydrogen) atoms. The Bertz CT molecular complexity index is 87.1. The monoisotopic (exact) mass is 178 g/mol. The van der Waals surface area contributed by atoms with Crippen LogP contribution >= 0.6 is 0 Å². The summed E-state index contributed by atoms with van der Waals surface area (Å²) in [6, 6.07) is 0. The van der Waals surface area contributed by atoms with E-state index < -0.39 is 0 Å². The minimum atomic E-state index is 0.0173. The molecule has 0 aromatic rings. The fourth-order valence-corrected chi connectivity index (χ4v) is 1.02. The van der Waals surface area contributed by atoms with Gasteiger partial charge >= 0.3 is 0 Å². The summed E-state index contributed by atoms with van der Waals surface area (Å²) in [5.41, 5.74) is 0. The van der Waals surface area contributed by atoms with Crippen LogP contribution < -0.4 is 0 Å². The predicted molar refractivity (Wildman–Crippen MR) is 44.1 cm³/mol. The summed E-state index contributed by atoms with van der Waals surface area (Å²) in [6.07, 6.45) is 5.31. The van der Waals surface area contributed by atoms with E-state index in [4.69, 9.17) is 10.1 Å². The van der Waals surface area contributed by atoms with Crippen LogP contribution in [0.15, 0.2) is 0 Å². The lowest BCUT2D eigenvalue weighted by Gasteiger charge is -2.11. The van der Waals surface area contributed by atoms with E-state index in [9.17, 15) is 0 Å². The Morgan fingerprint density at radius 2 is 2.00 bits per heavy atom. The molecule has 0 spiro atoms. The summed E-state index contributed by atoms with van der Waals surface area (Å²) < 4.78 is 0. The molecule has 4 nitrogen and oxygen atoms in total. The molecular weight excluding hydrogens is 160 g/mol. The minimum absolute atomic E-state index is 0.0173. The van der Waals surface area contributed by atoms with E-state index in [0.717, 1.165) is 19.3 Å². The van der Waals surface area contributed by atoms with E-state index in [1.165, 1.54) is 12.8 Å². The van der Waals surface area contributed by atoms with E-state index in [2.05, 4.69) is 17.0 Å². The lowest BCUT2D eigenvalue weighted by molar-refractivity contribution is -0.631. The molecule has 1 unspecified atom stereocenters. The normalized spacial score (nSPS) is 13.2. The summed E-state index contributed by atoms with van der Waals surface area (Å²) in [4.78, 5) is 4.71. The molecule has 0 amide bonds. The summed E-state index contributed by atoms with van der Waals surface area (Å²) in [6.45, 7) is 4.15. The van der Waals surface area contributed by atoms with Crippen molar-refractivity contribution in [3.63, 3.8) is 0 Å². The first kappa shape index (κ1) is 11.8. The van der Waals surface area contributed by atoms with Crippen LogP contribution in [0.2, 0.25) is 0 Å². The molecule has 0 aliphatic heterocycles. The second-order valence-corrected chi connectivity index (χ2v) is 2.76. The van der Waals surface area contributed by atoms with Crippen molar-refractivity contribution in [1.82, 2.24) is 0 Å². The van der Waals surface area contributed by atoms with Gasteiger partial charge in [-0.25, -0.2) is 10.1 Å². The molecule has 0 aromatic heterocycles. The molecule has 4 heteroatoms. The summed E-state index contributed by atoms with van der Waals surface area (Å²) >= 11 is 0. The third kappa shape index (κ3) is 6.54. The summed E-state index contributed by atoms with van der Waals surface area (Å²) in [5.74, 6) is 0. The molecular formula is C8H18O4. The quantitative estimate of drug-likeness (QED) is 0.352. The Labute approximate surface area is 73.2 Å². The fraction of sp³-hybridized carbons (Fsp3) is 1.00. The smallest absolute Gasteiger partial charge is 0.0959 e. The Balaban J connectivity index is 3.26. The third-order valence-electron chi connectivity index (χ3n) is 1.79. The first-order chi connectivity index (χ1) is 5.85.